The summed E-state index contributed by atoms with van der Waals surface area (Å²) >= 11 is 0. The zero-order valence-electron chi connectivity index (χ0n) is 9.46. The maximum absolute atomic E-state index is 11.9. The molecular formula is C10H14N4O3. The van der Waals surface area contributed by atoms with Gasteiger partial charge in [0.15, 0.2) is 11.4 Å². The van der Waals surface area contributed by atoms with Gasteiger partial charge in [-0.05, 0) is 6.92 Å². The van der Waals surface area contributed by atoms with Gasteiger partial charge in [-0.3, -0.25) is 9.69 Å². The standard InChI is InChI=1S/C10H14N4O3/c1-8(15)10(13-4-2-12-7-13)6-11-3-5-14(10)9(16)17/h2,4,7,11H,3,5-6H2,1H3,(H,16,17). The summed E-state index contributed by atoms with van der Waals surface area (Å²) < 4.78 is 1.54. The van der Waals surface area contributed by atoms with Crippen LogP contribution in [0.25, 0.3) is 0 Å². The van der Waals surface area contributed by atoms with Crippen molar-refractivity contribution in [1.82, 2.24) is 19.8 Å². The lowest BCUT2D eigenvalue weighted by Gasteiger charge is -2.44. The van der Waals surface area contributed by atoms with Gasteiger partial charge in [-0.1, -0.05) is 0 Å². The zero-order chi connectivity index (χ0) is 12.5. The minimum atomic E-state index is -1.22. The Hall–Kier alpha value is -1.89. The van der Waals surface area contributed by atoms with E-state index in [1.165, 1.54) is 24.0 Å². The summed E-state index contributed by atoms with van der Waals surface area (Å²) in [5.74, 6) is -0.231. The lowest BCUT2D eigenvalue weighted by Crippen LogP contribution is -2.66. The van der Waals surface area contributed by atoms with E-state index in [9.17, 15) is 14.7 Å². The quantitative estimate of drug-likeness (QED) is 0.739. The van der Waals surface area contributed by atoms with Crippen molar-refractivity contribution in [3.05, 3.63) is 18.7 Å². The maximum Gasteiger partial charge on any atom is 0.409 e. The number of nitrogens with zero attached hydrogens (tertiary/aromatic N) is 3. The van der Waals surface area contributed by atoms with Crippen LogP contribution in [0.3, 0.4) is 0 Å². The van der Waals surface area contributed by atoms with Crippen molar-refractivity contribution in [2.75, 3.05) is 19.6 Å². The van der Waals surface area contributed by atoms with Crippen molar-refractivity contribution in [2.24, 2.45) is 0 Å². The summed E-state index contributed by atoms with van der Waals surface area (Å²) in [6, 6.07) is 0. The molecule has 0 bridgehead atoms. The minimum absolute atomic E-state index is 0.231. The molecule has 7 nitrogen and oxygen atoms in total. The molecule has 1 aliphatic heterocycles. The SMILES string of the molecule is CC(=O)C1(n2ccnc2)CNCCN1C(=O)O. The number of carbonyl (C=O) groups is 2. The van der Waals surface area contributed by atoms with Crippen molar-refractivity contribution in [3.8, 4) is 0 Å². The van der Waals surface area contributed by atoms with E-state index in [0.717, 1.165) is 4.90 Å². The normalized spacial score (nSPS) is 24.6. The number of hydrogen-bond acceptors (Lipinski definition) is 4. The monoisotopic (exact) mass is 238 g/mol. The molecule has 2 rings (SSSR count). The van der Waals surface area contributed by atoms with Crippen molar-refractivity contribution in [3.63, 3.8) is 0 Å². The minimum Gasteiger partial charge on any atom is -0.465 e. The number of carbonyl (C=O) groups excluding carboxylic acids is 1. The molecule has 2 N–H and O–H groups in total. The number of hydrogen-bond donors (Lipinski definition) is 2. The predicted molar refractivity (Wildman–Crippen MR) is 58.5 cm³/mol. The summed E-state index contributed by atoms with van der Waals surface area (Å²) in [4.78, 5) is 28.3. The zero-order valence-corrected chi connectivity index (χ0v) is 9.46. The number of rotatable bonds is 2. The molecule has 1 unspecified atom stereocenters. The second-order valence-electron chi connectivity index (χ2n) is 3.95. The molecule has 17 heavy (non-hydrogen) atoms. The third-order valence-electron chi connectivity index (χ3n) is 3.06. The predicted octanol–water partition coefficient (Wildman–Crippen LogP) is -0.292. The first kappa shape index (κ1) is 11.6. The Morgan fingerprint density at radius 2 is 2.29 bits per heavy atom. The van der Waals surface area contributed by atoms with E-state index >= 15 is 0 Å². The van der Waals surface area contributed by atoms with Gasteiger partial charge in [-0.2, -0.15) is 0 Å². The van der Waals surface area contributed by atoms with E-state index in [-0.39, 0.29) is 18.9 Å². The number of Topliss-reactive ketones (excluding diaryl/α,β-unsaturated/α-hetero) is 1. The highest BCUT2D eigenvalue weighted by molar-refractivity contribution is 5.87. The first-order valence-electron chi connectivity index (χ1n) is 5.30. The van der Waals surface area contributed by atoms with E-state index in [2.05, 4.69) is 10.3 Å². The molecule has 0 spiro atoms. The fourth-order valence-electron chi connectivity index (χ4n) is 2.19. The molecule has 0 aliphatic carbocycles. The fourth-order valence-corrected chi connectivity index (χ4v) is 2.19. The van der Waals surface area contributed by atoms with E-state index in [0.29, 0.717) is 6.54 Å². The molecule has 2 heterocycles. The van der Waals surface area contributed by atoms with E-state index in [1.54, 1.807) is 6.20 Å². The van der Waals surface area contributed by atoms with Gasteiger partial charge in [-0.15, -0.1) is 0 Å². The van der Waals surface area contributed by atoms with Gasteiger partial charge in [0.1, 0.15) is 0 Å². The van der Waals surface area contributed by atoms with Crippen LogP contribution in [0.4, 0.5) is 4.79 Å². The number of piperazine rings is 1. The Balaban J connectivity index is 2.51. The molecule has 0 saturated carbocycles. The largest absolute Gasteiger partial charge is 0.465 e. The van der Waals surface area contributed by atoms with Gasteiger partial charge in [0.05, 0.1) is 6.33 Å². The summed E-state index contributed by atoms with van der Waals surface area (Å²) in [6.45, 7) is 2.46. The highest BCUT2D eigenvalue weighted by Gasteiger charge is 2.47. The number of nitrogens with one attached hydrogen (secondary N) is 1. The molecule has 7 heteroatoms. The number of imidazole rings is 1. The van der Waals surface area contributed by atoms with Gasteiger partial charge < -0.3 is 15.0 Å². The number of aromatic nitrogens is 2. The van der Waals surface area contributed by atoms with Crippen LogP contribution in [0.5, 0.6) is 0 Å². The molecule has 92 valence electrons. The van der Waals surface area contributed by atoms with Gasteiger partial charge >= 0.3 is 6.09 Å². The average Bonchev–Trinajstić information content (AvgIpc) is 2.82. The molecule has 1 aromatic rings. The third-order valence-corrected chi connectivity index (χ3v) is 3.06. The number of amides is 1. The Morgan fingerprint density at radius 1 is 1.53 bits per heavy atom. The third kappa shape index (κ3) is 1.68. The Bertz CT molecular complexity index is 431. The van der Waals surface area contributed by atoms with Crippen LogP contribution < -0.4 is 5.32 Å². The van der Waals surface area contributed by atoms with Crippen LogP contribution in [0, 0.1) is 0 Å². The van der Waals surface area contributed by atoms with Crippen LogP contribution in [-0.2, 0) is 10.5 Å². The molecule has 1 aromatic heterocycles. The molecule has 0 aromatic carbocycles. The summed E-state index contributed by atoms with van der Waals surface area (Å²) in [5.41, 5.74) is -1.22. The highest BCUT2D eigenvalue weighted by atomic mass is 16.4. The van der Waals surface area contributed by atoms with Crippen molar-refractivity contribution in [2.45, 2.75) is 12.6 Å². The number of ketones is 1. The lowest BCUT2D eigenvalue weighted by atomic mass is 10.0. The van der Waals surface area contributed by atoms with Crippen molar-refractivity contribution < 1.29 is 14.7 Å². The lowest BCUT2D eigenvalue weighted by molar-refractivity contribution is -0.136. The average molecular weight is 238 g/mol. The number of carboxylic acid groups (broad SMARTS) is 1. The van der Waals surface area contributed by atoms with Crippen LogP contribution >= 0.6 is 0 Å². The van der Waals surface area contributed by atoms with Crippen LogP contribution in [0.2, 0.25) is 0 Å². The smallest absolute Gasteiger partial charge is 0.409 e. The molecular weight excluding hydrogens is 224 g/mol. The fraction of sp³-hybridized carbons (Fsp3) is 0.500. The molecule has 1 aliphatic rings. The van der Waals surface area contributed by atoms with Gasteiger partial charge in [0.2, 0.25) is 0 Å². The van der Waals surface area contributed by atoms with Gasteiger partial charge in [0, 0.05) is 32.0 Å². The first-order chi connectivity index (χ1) is 8.09. The van der Waals surface area contributed by atoms with E-state index in [4.69, 9.17) is 0 Å². The van der Waals surface area contributed by atoms with E-state index in [1.807, 2.05) is 0 Å². The van der Waals surface area contributed by atoms with Gasteiger partial charge in [0.25, 0.3) is 0 Å². The summed E-state index contributed by atoms with van der Waals surface area (Å²) in [5, 5.41) is 12.3. The topological polar surface area (TPSA) is 87.5 Å². The van der Waals surface area contributed by atoms with Crippen LogP contribution in [0.1, 0.15) is 6.92 Å². The first-order valence-corrected chi connectivity index (χ1v) is 5.30. The maximum atomic E-state index is 11.9. The molecule has 0 radical (unpaired) electrons. The highest BCUT2D eigenvalue weighted by Crippen LogP contribution is 2.25. The molecule has 1 amide bonds. The molecule has 1 atom stereocenters. The summed E-state index contributed by atoms with van der Waals surface area (Å²) in [6.07, 6.45) is 3.49. The Kier molecular flexibility index (Phi) is 2.84. The second kappa shape index (κ2) is 4.17. The molecule has 1 saturated heterocycles. The van der Waals surface area contributed by atoms with Crippen LogP contribution in [-0.4, -0.2) is 51.1 Å². The Morgan fingerprint density at radius 3 is 2.82 bits per heavy atom. The van der Waals surface area contributed by atoms with Crippen LogP contribution in [0.15, 0.2) is 18.7 Å². The Labute approximate surface area is 98.0 Å². The van der Waals surface area contributed by atoms with Crippen molar-refractivity contribution >= 4 is 11.9 Å². The van der Waals surface area contributed by atoms with Gasteiger partial charge in [-0.25, -0.2) is 9.78 Å². The summed E-state index contributed by atoms with van der Waals surface area (Å²) in [7, 11) is 0. The second-order valence-corrected chi connectivity index (χ2v) is 3.95. The van der Waals surface area contributed by atoms with E-state index < -0.39 is 11.8 Å². The molecule has 1 fully saturated rings. The van der Waals surface area contributed by atoms with Crippen molar-refractivity contribution in [1.29, 1.82) is 0 Å².